The van der Waals surface area contributed by atoms with Crippen molar-refractivity contribution in [3.8, 4) is 5.75 Å². The van der Waals surface area contributed by atoms with Gasteiger partial charge in [0.25, 0.3) is 0 Å². The number of hydrogen-bond acceptors (Lipinski definition) is 4. The Morgan fingerprint density at radius 1 is 1.14 bits per heavy atom. The number of hydrogen-bond donors (Lipinski definition) is 1. The van der Waals surface area contributed by atoms with Crippen LogP contribution in [0.4, 0.5) is 0 Å². The molecule has 5 nitrogen and oxygen atoms in total. The molecular weight excluding hydrogens is 518 g/mol. The number of carbonyl (C=O) groups is 2. The van der Waals surface area contributed by atoms with E-state index < -0.39 is 0 Å². The second-order valence-electron chi connectivity index (χ2n) is 10.1. The van der Waals surface area contributed by atoms with Gasteiger partial charge in [0.15, 0.2) is 0 Å². The van der Waals surface area contributed by atoms with Crippen molar-refractivity contribution < 1.29 is 19.4 Å². The van der Waals surface area contributed by atoms with Gasteiger partial charge in [0.05, 0.1) is 24.5 Å². The number of aromatic hydroxyl groups is 1. The lowest BCUT2D eigenvalue weighted by Crippen LogP contribution is -2.34. The summed E-state index contributed by atoms with van der Waals surface area (Å²) in [7, 11) is 1.61. The average Bonchev–Trinajstić information content (AvgIpc) is 3.40. The molecule has 2 aliphatic heterocycles. The maximum absolute atomic E-state index is 13.0. The number of phenols is 1. The molecule has 0 unspecified atom stereocenters. The molecule has 0 radical (unpaired) electrons. The summed E-state index contributed by atoms with van der Waals surface area (Å²) >= 11 is 3.51. The van der Waals surface area contributed by atoms with Crippen LogP contribution in [0.1, 0.15) is 50.2 Å². The molecule has 1 aliphatic carbocycles. The quantitative estimate of drug-likeness (QED) is 0.253. The molecule has 0 spiro atoms. The highest BCUT2D eigenvalue weighted by Crippen LogP contribution is 2.50. The van der Waals surface area contributed by atoms with Gasteiger partial charge in [-0.1, -0.05) is 65.2 Å². The third-order valence-corrected chi connectivity index (χ3v) is 8.41. The molecule has 1 N–H and O–H groups in total. The van der Waals surface area contributed by atoms with Crippen molar-refractivity contribution in [2.45, 2.75) is 45.1 Å². The number of carbonyl (C=O) groups excluding carboxylic acids is 2. The summed E-state index contributed by atoms with van der Waals surface area (Å²) in [5.41, 5.74) is 5.58. The summed E-state index contributed by atoms with van der Waals surface area (Å²) in [6.45, 7) is 2.66. The highest BCUT2D eigenvalue weighted by Gasteiger charge is 2.55. The number of nitrogens with zero attached hydrogens (tertiary/aromatic N) is 1. The fourth-order valence-electron chi connectivity index (χ4n) is 6.24. The van der Waals surface area contributed by atoms with E-state index in [1.54, 1.807) is 13.1 Å². The first kappa shape index (κ1) is 25.0. The number of rotatable bonds is 7. The molecule has 0 aromatic heterocycles. The van der Waals surface area contributed by atoms with Crippen LogP contribution in [0.15, 0.2) is 64.1 Å². The molecular formula is C30H32BrNO4. The molecule has 3 aliphatic rings. The van der Waals surface area contributed by atoms with Gasteiger partial charge in [-0.05, 0) is 66.7 Å². The Hall–Kier alpha value is -2.70. The van der Waals surface area contributed by atoms with Crippen molar-refractivity contribution in [2.24, 2.45) is 17.8 Å². The van der Waals surface area contributed by atoms with Gasteiger partial charge in [-0.2, -0.15) is 0 Å². The molecule has 2 heterocycles. The lowest BCUT2D eigenvalue weighted by atomic mass is 9.68. The highest BCUT2D eigenvalue weighted by atomic mass is 79.9. The zero-order valence-electron chi connectivity index (χ0n) is 20.7. The Balaban J connectivity index is 1.45. The second kappa shape index (κ2) is 10.3. The van der Waals surface area contributed by atoms with E-state index in [4.69, 9.17) is 4.74 Å². The van der Waals surface area contributed by atoms with Crippen LogP contribution >= 0.6 is 15.9 Å². The summed E-state index contributed by atoms with van der Waals surface area (Å²) in [4.78, 5) is 27.1. The van der Waals surface area contributed by atoms with Gasteiger partial charge in [-0.3, -0.25) is 14.5 Å². The average molecular weight is 550 g/mol. The summed E-state index contributed by atoms with van der Waals surface area (Å²) < 4.78 is 7.27. The Labute approximate surface area is 221 Å². The Kier molecular flexibility index (Phi) is 7.18. The molecule has 2 aromatic carbocycles. The largest absolute Gasteiger partial charge is 0.507 e. The SMILES string of the molecule is CCCC1=C2[C@@H](CC/C(=C/c3cc(Br)ccc3O)c3ccccc3)OC[C@@H]2[C@@H]2C(=O)N(C)C(=O)[C@@H]2C1. The number of allylic oxidation sites excluding steroid dienone is 2. The van der Waals surface area contributed by atoms with Gasteiger partial charge in [0, 0.05) is 23.0 Å². The van der Waals surface area contributed by atoms with Crippen molar-refractivity contribution in [1.82, 2.24) is 4.90 Å². The Morgan fingerprint density at radius 3 is 2.67 bits per heavy atom. The lowest BCUT2D eigenvalue weighted by molar-refractivity contribution is -0.138. The van der Waals surface area contributed by atoms with E-state index in [0.717, 1.165) is 46.9 Å². The normalized spacial score (nSPS) is 26.0. The van der Waals surface area contributed by atoms with Crippen LogP contribution in [0.5, 0.6) is 5.75 Å². The number of benzene rings is 2. The fraction of sp³-hybridized carbons (Fsp3) is 0.400. The first-order valence-corrected chi connectivity index (χ1v) is 13.6. The maximum Gasteiger partial charge on any atom is 0.233 e. The van der Waals surface area contributed by atoms with Crippen molar-refractivity contribution in [1.29, 1.82) is 0 Å². The van der Waals surface area contributed by atoms with E-state index in [9.17, 15) is 14.7 Å². The minimum absolute atomic E-state index is 0.00465. The number of fused-ring (bicyclic) bond motifs is 3. The van der Waals surface area contributed by atoms with Gasteiger partial charge in [-0.25, -0.2) is 0 Å². The van der Waals surface area contributed by atoms with Gasteiger partial charge >= 0.3 is 0 Å². The smallest absolute Gasteiger partial charge is 0.233 e. The summed E-state index contributed by atoms with van der Waals surface area (Å²) in [5, 5.41) is 10.5. The molecule has 2 aromatic rings. The molecule has 36 heavy (non-hydrogen) atoms. The molecule has 5 rings (SSSR count). The van der Waals surface area contributed by atoms with Crippen LogP contribution in [-0.2, 0) is 14.3 Å². The molecule has 0 bridgehead atoms. The molecule has 2 amide bonds. The first-order chi connectivity index (χ1) is 17.4. The fourth-order valence-corrected chi connectivity index (χ4v) is 6.62. The molecule has 188 valence electrons. The molecule has 6 heteroatoms. The number of phenolic OH excluding ortho intramolecular Hbond substituents is 1. The maximum atomic E-state index is 13.0. The van der Waals surface area contributed by atoms with Crippen LogP contribution in [0.2, 0.25) is 0 Å². The Morgan fingerprint density at radius 2 is 1.92 bits per heavy atom. The molecule has 2 saturated heterocycles. The van der Waals surface area contributed by atoms with E-state index in [1.165, 1.54) is 16.0 Å². The van der Waals surface area contributed by atoms with E-state index in [2.05, 4.69) is 35.0 Å². The summed E-state index contributed by atoms with van der Waals surface area (Å²) in [6.07, 6.45) is 6.15. The van der Waals surface area contributed by atoms with Crippen LogP contribution in [0.3, 0.4) is 0 Å². The van der Waals surface area contributed by atoms with Crippen LogP contribution in [0, 0.1) is 17.8 Å². The van der Waals surface area contributed by atoms with E-state index in [1.807, 2.05) is 36.4 Å². The minimum atomic E-state index is -0.286. The molecule has 0 saturated carbocycles. The monoisotopic (exact) mass is 549 g/mol. The highest BCUT2D eigenvalue weighted by molar-refractivity contribution is 9.10. The predicted octanol–water partition coefficient (Wildman–Crippen LogP) is 6.22. The van der Waals surface area contributed by atoms with Crippen molar-refractivity contribution in [3.63, 3.8) is 0 Å². The third-order valence-electron chi connectivity index (χ3n) is 7.92. The molecule has 4 atom stereocenters. The molecule has 2 fully saturated rings. The van der Waals surface area contributed by atoms with Crippen molar-refractivity contribution >= 4 is 39.4 Å². The summed E-state index contributed by atoms with van der Waals surface area (Å²) in [6, 6.07) is 15.7. The standard InChI is InChI=1S/C30H32BrNO4/c1-3-7-20-16-23-28(30(35)32(2)29(23)34)24-17-36-26(27(20)24)13-10-19(18-8-5-4-6-9-18)14-21-15-22(31)11-12-25(21)33/h4-6,8-9,11-12,14-15,23-24,26,28,33H,3,7,10,13,16-17H2,1-2H3/b19-14-/t23-,24+,26-,28-/m1/s1. The van der Waals surface area contributed by atoms with E-state index >= 15 is 0 Å². The first-order valence-electron chi connectivity index (χ1n) is 12.8. The number of ether oxygens (including phenoxy) is 1. The van der Waals surface area contributed by atoms with Gasteiger partial charge in [-0.15, -0.1) is 0 Å². The second-order valence-corrected chi connectivity index (χ2v) is 11.0. The Bertz CT molecular complexity index is 1230. The van der Waals surface area contributed by atoms with Crippen LogP contribution < -0.4 is 0 Å². The number of halogens is 1. The summed E-state index contributed by atoms with van der Waals surface area (Å²) in [5.74, 6) is -0.379. The van der Waals surface area contributed by atoms with E-state index in [-0.39, 0.29) is 41.4 Å². The van der Waals surface area contributed by atoms with Gasteiger partial charge in [0.1, 0.15) is 5.75 Å². The van der Waals surface area contributed by atoms with Crippen LogP contribution in [0.25, 0.3) is 11.6 Å². The zero-order chi connectivity index (χ0) is 25.4. The van der Waals surface area contributed by atoms with E-state index in [0.29, 0.717) is 13.0 Å². The van der Waals surface area contributed by atoms with Gasteiger partial charge in [0.2, 0.25) is 11.8 Å². The topological polar surface area (TPSA) is 66.8 Å². The number of imide groups is 1. The van der Waals surface area contributed by atoms with Crippen LogP contribution in [-0.4, -0.2) is 41.6 Å². The van der Waals surface area contributed by atoms with Crippen molar-refractivity contribution in [3.05, 3.63) is 75.3 Å². The number of amides is 2. The number of likely N-dealkylation sites (tertiary alicyclic amines) is 1. The lowest BCUT2D eigenvalue weighted by Gasteiger charge is -2.32. The minimum Gasteiger partial charge on any atom is -0.507 e. The third kappa shape index (κ3) is 4.57. The van der Waals surface area contributed by atoms with Crippen molar-refractivity contribution in [2.75, 3.05) is 13.7 Å². The van der Waals surface area contributed by atoms with Gasteiger partial charge < -0.3 is 9.84 Å². The zero-order valence-corrected chi connectivity index (χ0v) is 22.3. The predicted molar refractivity (Wildman–Crippen MR) is 144 cm³/mol.